The summed E-state index contributed by atoms with van der Waals surface area (Å²) < 4.78 is 2.06. The van der Waals surface area contributed by atoms with Gasteiger partial charge in [0.2, 0.25) is 0 Å². The molecular formula is C33H42Cl2N4O. The van der Waals surface area contributed by atoms with Crippen LogP contribution in [0.25, 0.3) is 0 Å². The number of hydrogen-bond donors (Lipinski definition) is 2. The molecule has 1 amide bonds. The maximum atomic E-state index is 13.4. The number of nitrogens with one attached hydrogen (secondary N) is 2. The highest BCUT2D eigenvalue weighted by molar-refractivity contribution is 6.42. The van der Waals surface area contributed by atoms with Gasteiger partial charge in [-0.25, -0.2) is 4.98 Å². The minimum absolute atomic E-state index is 0.0761. The second-order valence-electron chi connectivity index (χ2n) is 12.1. The van der Waals surface area contributed by atoms with Gasteiger partial charge in [0.05, 0.1) is 16.4 Å². The Labute approximate surface area is 249 Å². The zero-order valence-corrected chi connectivity index (χ0v) is 25.1. The summed E-state index contributed by atoms with van der Waals surface area (Å²) in [5.41, 5.74) is 4.15. The summed E-state index contributed by atoms with van der Waals surface area (Å²) in [6, 6.07) is 11.9. The molecule has 2 unspecified atom stereocenters. The van der Waals surface area contributed by atoms with Crippen molar-refractivity contribution in [3.05, 3.63) is 87.4 Å². The van der Waals surface area contributed by atoms with Crippen molar-refractivity contribution in [1.82, 2.24) is 20.2 Å². The third kappa shape index (κ3) is 7.48. The summed E-state index contributed by atoms with van der Waals surface area (Å²) in [7, 11) is 0. The molecule has 5 nitrogen and oxygen atoms in total. The van der Waals surface area contributed by atoms with Crippen molar-refractivity contribution >= 4 is 29.1 Å². The van der Waals surface area contributed by atoms with Crippen molar-refractivity contribution in [2.75, 3.05) is 6.54 Å². The van der Waals surface area contributed by atoms with Crippen LogP contribution in [0.15, 0.2) is 55.1 Å². The molecule has 2 N–H and O–H groups in total. The molecule has 2 atom stereocenters. The van der Waals surface area contributed by atoms with Crippen LogP contribution in [0.5, 0.6) is 0 Å². The first-order valence-electron chi connectivity index (χ1n) is 15.0. The van der Waals surface area contributed by atoms with E-state index in [1.807, 2.05) is 24.7 Å². The molecule has 1 aromatic heterocycles. The van der Waals surface area contributed by atoms with Crippen molar-refractivity contribution in [1.29, 1.82) is 0 Å². The van der Waals surface area contributed by atoms with Crippen molar-refractivity contribution in [2.24, 2.45) is 5.92 Å². The van der Waals surface area contributed by atoms with E-state index in [4.69, 9.17) is 23.2 Å². The fraction of sp³-hybridized carbons (Fsp3) is 0.515. The van der Waals surface area contributed by atoms with Crippen LogP contribution in [-0.4, -0.2) is 27.5 Å². The fourth-order valence-corrected chi connectivity index (χ4v) is 7.11. The molecule has 2 aliphatic rings. The van der Waals surface area contributed by atoms with Gasteiger partial charge in [0, 0.05) is 36.6 Å². The lowest BCUT2D eigenvalue weighted by Crippen LogP contribution is -2.53. The van der Waals surface area contributed by atoms with Gasteiger partial charge in [-0.3, -0.25) is 4.79 Å². The average Bonchev–Trinajstić information content (AvgIpc) is 3.50. The quantitative estimate of drug-likeness (QED) is 0.296. The van der Waals surface area contributed by atoms with Gasteiger partial charge in [0.15, 0.2) is 0 Å². The van der Waals surface area contributed by atoms with E-state index in [1.54, 1.807) is 18.3 Å². The van der Waals surface area contributed by atoms with E-state index in [9.17, 15) is 4.79 Å². The number of carbonyl (C=O) groups excluding carboxylic acids is 1. The molecule has 2 aromatic carbocycles. The summed E-state index contributed by atoms with van der Waals surface area (Å²) in [6.07, 6.45) is 18.6. The van der Waals surface area contributed by atoms with E-state index in [2.05, 4.69) is 39.2 Å². The van der Waals surface area contributed by atoms with Crippen LogP contribution in [0.2, 0.25) is 10.0 Å². The van der Waals surface area contributed by atoms with Crippen LogP contribution < -0.4 is 10.6 Å². The van der Waals surface area contributed by atoms with E-state index in [0.29, 0.717) is 40.5 Å². The molecule has 1 aliphatic carbocycles. The van der Waals surface area contributed by atoms with Gasteiger partial charge in [0.1, 0.15) is 0 Å². The smallest absolute Gasteiger partial charge is 0.251 e. The first-order valence-corrected chi connectivity index (χ1v) is 15.7. The first-order chi connectivity index (χ1) is 19.4. The third-order valence-electron chi connectivity index (χ3n) is 9.06. The highest BCUT2D eigenvalue weighted by Crippen LogP contribution is 2.41. The molecule has 40 heavy (non-hydrogen) atoms. The summed E-state index contributed by atoms with van der Waals surface area (Å²) in [6.45, 7) is 4.56. The van der Waals surface area contributed by atoms with Crippen LogP contribution in [0.3, 0.4) is 0 Å². The Bertz CT molecular complexity index is 1270. The van der Waals surface area contributed by atoms with Crippen molar-refractivity contribution < 1.29 is 4.79 Å². The van der Waals surface area contributed by atoms with Crippen LogP contribution in [0.1, 0.15) is 104 Å². The zero-order valence-electron chi connectivity index (χ0n) is 23.6. The van der Waals surface area contributed by atoms with E-state index in [0.717, 1.165) is 30.5 Å². The lowest BCUT2D eigenvalue weighted by atomic mass is 9.70. The maximum Gasteiger partial charge on any atom is 0.251 e. The largest absolute Gasteiger partial charge is 0.348 e. The topological polar surface area (TPSA) is 59.0 Å². The summed E-state index contributed by atoms with van der Waals surface area (Å²) in [5, 5.41) is 8.05. The van der Waals surface area contributed by atoms with Crippen LogP contribution in [0, 0.1) is 5.92 Å². The predicted molar refractivity (Wildman–Crippen MR) is 164 cm³/mol. The van der Waals surface area contributed by atoms with Crippen molar-refractivity contribution in [3.63, 3.8) is 0 Å². The van der Waals surface area contributed by atoms with Crippen LogP contribution >= 0.6 is 23.2 Å². The van der Waals surface area contributed by atoms with Gasteiger partial charge in [-0.1, -0.05) is 73.9 Å². The number of aromatic nitrogens is 2. The molecule has 0 radical (unpaired) electrons. The minimum atomic E-state index is -0.0761. The highest BCUT2D eigenvalue weighted by Gasteiger charge is 2.38. The zero-order chi connectivity index (χ0) is 28.0. The SMILES string of the molecule is CC1(C2CCCCCCCC2)CC(c2cc(Cn3ccnc3)cc(C(=O)NCc3ccc(Cl)c(Cl)c3)c2)CCN1. The standard InChI is InChI=1S/C33H42Cl2N4O/c1-33(29-8-6-4-2-3-5-7-9-29)20-26(12-13-38-33)27-16-25(22-39-15-14-36-23-39)17-28(19-27)32(40)37-21-24-10-11-30(34)31(35)18-24/h10-11,14-19,23,26,29,38H,2-9,12-13,20-22H2,1H3,(H,37,40). The molecule has 0 spiro atoms. The van der Waals surface area contributed by atoms with Gasteiger partial charge < -0.3 is 15.2 Å². The van der Waals surface area contributed by atoms with E-state index >= 15 is 0 Å². The number of amides is 1. The van der Waals surface area contributed by atoms with E-state index in [-0.39, 0.29) is 11.4 Å². The normalized spacial score (nSPS) is 22.7. The molecule has 1 saturated carbocycles. The minimum Gasteiger partial charge on any atom is -0.348 e. The summed E-state index contributed by atoms with van der Waals surface area (Å²) in [4.78, 5) is 17.6. The number of nitrogens with zero attached hydrogens (tertiary/aromatic N) is 2. The van der Waals surface area contributed by atoms with Crippen LogP contribution in [0.4, 0.5) is 0 Å². The Morgan fingerprint density at radius 3 is 2.50 bits per heavy atom. The molecule has 2 heterocycles. The Morgan fingerprint density at radius 1 is 1.00 bits per heavy atom. The number of halogens is 2. The molecule has 7 heteroatoms. The van der Waals surface area contributed by atoms with Gasteiger partial charge in [0.25, 0.3) is 5.91 Å². The molecule has 1 saturated heterocycles. The predicted octanol–water partition coefficient (Wildman–Crippen LogP) is 8.14. The lowest BCUT2D eigenvalue weighted by Gasteiger charge is -2.45. The van der Waals surface area contributed by atoms with E-state index < -0.39 is 0 Å². The first kappa shape index (κ1) is 29.2. The molecule has 214 valence electrons. The maximum absolute atomic E-state index is 13.4. The number of carbonyl (C=O) groups is 1. The molecule has 3 aromatic rings. The monoisotopic (exact) mass is 580 g/mol. The Kier molecular flexibility index (Phi) is 9.88. The second kappa shape index (κ2) is 13.5. The number of benzene rings is 2. The van der Waals surface area contributed by atoms with E-state index in [1.165, 1.54) is 56.9 Å². The number of imidazole rings is 1. The Hall–Kier alpha value is -2.34. The third-order valence-corrected chi connectivity index (χ3v) is 9.80. The molecule has 0 bridgehead atoms. The highest BCUT2D eigenvalue weighted by atomic mass is 35.5. The molecule has 2 fully saturated rings. The Morgan fingerprint density at radius 2 is 1.77 bits per heavy atom. The van der Waals surface area contributed by atoms with Crippen molar-refractivity contribution in [2.45, 2.75) is 95.7 Å². The molecule has 1 aliphatic heterocycles. The lowest BCUT2D eigenvalue weighted by molar-refractivity contribution is 0.0950. The molecule has 5 rings (SSSR count). The van der Waals surface area contributed by atoms with Crippen molar-refractivity contribution in [3.8, 4) is 0 Å². The van der Waals surface area contributed by atoms with Gasteiger partial charge in [-0.15, -0.1) is 0 Å². The number of piperidine rings is 1. The number of hydrogen-bond acceptors (Lipinski definition) is 3. The second-order valence-corrected chi connectivity index (χ2v) is 12.9. The molecular weight excluding hydrogens is 539 g/mol. The van der Waals surface area contributed by atoms with Gasteiger partial charge >= 0.3 is 0 Å². The summed E-state index contributed by atoms with van der Waals surface area (Å²) in [5.74, 6) is 1.05. The fourth-order valence-electron chi connectivity index (χ4n) is 6.79. The number of rotatable bonds is 7. The Balaban J connectivity index is 1.37. The average molecular weight is 582 g/mol. The van der Waals surface area contributed by atoms with Gasteiger partial charge in [-0.2, -0.15) is 0 Å². The van der Waals surface area contributed by atoms with Gasteiger partial charge in [-0.05, 0) is 91.9 Å². The van der Waals surface area contributed by atoms with Crippen LogP contribution in [-0.2, 0) is 13.1 Å². The summed E-state index contributed by atoms with van der Waals surface area (Å²) >= 11 is 12.3.